The highest BCUT2D eigenvalue weighted by molar-refractivity contribution is 9.10. The number of rotatable bonds is 2. The first-order valence-electron chi connectivity index (χ1n) is 9.00. The van der Waals surface area contributed by atoms with Crippen molar-refractivity contribution in [2.75, 3.05) is 13.1 Å². The van der Waals surface area contributed by atoms with Gasteiger partial charge in [-0.3, -0.25) is 14.6 Å². The molecule has 5 nitrogen and oxygen atoms in total. The summed E-state index contributed by atoms with van der Waals surface area (Å²) in [6.45, 7) is 3.15. The van der Waals surface area contributed by atoms with E-state index < -0.39 is 5.66 Å². The average Bonchev–Trinajstić information content (AvgIpc) is 2.99. The third-order valence-corrected chi connectivity index (χ3v) is 5.71. The second-order valence-corrected chi connectivity index (χ2v) is 8.03. The summed E-state index contributed by atoms with van der Waals surface area (Å²) in [5, 5.41) is 3.05. The van der Waals surface area contributed by atoms with Crippen molar-refractivity contribution < 1.29 is 9.59 Å². The number of hydrogen-bond donors (Lipinski definition) is 1. The SMILES string of the molecule is Cc1ccc(C(=O)N2CCC3(CC2)N=C(c2ccc(Br)cc2)C(=O)N3)cc1. The average molecular weight is 426 g/mol. The normalized spacial score (nSPS) is 18.4. The number of aliphatic imine (C=N–C) groups is 1. The van der Waals surface area contributed by atoms with Gasteiger partial charge < -0.3 is 10.2 Å². The Morgan fingerprint density at radius 3 is 2.33 bits per heavy atom. The van der Waals surface area contributed by atoms with Gasteiger partial charge in [0, 0.05) is 41.5 Å². The Morgan fingerprint density at radius 2 is 1.70 bits per heavy atom. The molecule has 0 bridgehead atoms. The number of hydrogen-bond acceptors (Lipinski definition) is 3. The first kappa shape index (κ1) is 17.9. The molecule has 2 aliphatic rings. The molecule has 2 aromatic carbocycles. The Labute approximate surface area is 166 Å². The number of carbonyl (C=O) groups excluding carboxylic acids is 2. The van der Waals surface area contributed by atoms with Crippen molar-refractivity contribution in [1.82, 2.24) is 10.2 Å². The fourth-order valence-electron chi connectivity index (χ4n) is 3.56. The molecule has 6 heteroatoms. The van der Waals surface area contributed by atoms with Gasteiger partial charge in [-0.25, -0.2) is 0 Å². The van der Waals surface area contributed by atoms with Gasteiger partial charge in [0.25, 0.3) is 11.8 Å². The minimum Gasteiger partial charge on any atom is -0.338 e. The number of carbonyl (C=O) groups is 2. The van der Waals surface area contributed by atoms with Crippen molar-refractivity contribution in [1.29, 1.82) is 0 Å². The van der Waals surface area contributed by atoms with Gasteiger partial charge in [-0.1, -0.05) is 45.8 Å². The van der Waals surface area contributed by atoms with Crippen LogP contribution in [0.1, 0.15) is 34.3 Å². The minimum atomic E-state index is -0.594. The van der Waals surface area contributed by atoms with E-state index in [4.69, 9.17) is 4.99 Å². The van der Waals surface area contributed by atoms with Gasteiger partial charge in [0.2, 0.25) is 0 Å². The highest BCUT2D eigenvalue weighted by atomic mass is 79.9. The van der Waals surface area contributed by atoms with E-state index in [0.717, 1.165) is 15.6 Å². The second-order valence-electron chi connectivity index (χ2n) is 7.11. The number of aryl methyl sites for hydroxylation is 1. The third kappa shape index (κ3) is 3.54. The molecule has 1 spiro atoms. The second kappa shape index (κ2) is 6.93. The summed E-state index contributed by atoms with van der Waals surface area (Å²) in [7, 11) is 0. The van der Waals surface area contributed by atoms with Crippen molar-refractivity contribution in [3.63, 3.8) is 0 Å². The molecule has 138 valence electrons. The van der Waals surface area contributed by atoms with Crippen LogP contribution in [0.3, 0.4) is 0 Å². The van der Waals surface area contributed by atoms with E-state index >= 15 is 0 Å². The van der Waals surface area contributed by atoms with Gasteiger partial charge in [0.1, 0.15) is 11.4 Å². The maximum Gasteiger partial charge on any atom is 0.272 e. The number of likely N-dealkylation sites (tertiary alicyclic amines) is 1. The van der Waals surface area contributed by atoms with Crippen LogP contribution in [0.15, 0.2) is 58.0 Å². The number of nitrogens with zero attached hydrogens (tertiary/aromatic N) is 2. The molecular formula is C21H20BrN3O2. The molecule has 0 saturated carbocycles. The lowest BCUT2D eigenvalue weighted by Gasteiger charge is -2.37. The first-order chi connectivity index (χ1) is 13.0. The van der Waals surface area contributed by atoms with Crippen molar-refractivity contribution >= 4 is 33.5 Å². The van der Waals surface area contributed by atoms with E-state index in [0.29, 0.717) is 37.2 Å². The zero-order valence-electron chi connectivity index (χ0n) is 15.0. The summed E-state index contributed by atoms with van der Waals surface area (Å²) in [5.74, 6) is -0.109. The lowest BCUT2D eigenvalue weighted by Crippen LogP contribution is -2.52. The molecule has 27 heavy (non-hydrogen) atoms. The summed E-state index contributed by atoms with van der Waals surface area (Å²) in [5.41, 5.74) is 2.52. The van der Waals surface area contributed by atoms with E-state index in [1.54, 1.807) is 0 Å². The fourth-order valence-corrected chi connectivity index (χ4v) is 3.83. The molecule has 1 N–H and O–H groups in total. The monoisotopic (exact) mass is 425 g/mol. The zero-order valence-corrected chi connectivity index (χ0v) is 16.6. The largest absolute Gasteiger partial charge is 0.338 e. The van der Waals surface area contributed by atoms with Gasteiger partial charge >= 0.3 is 0 Å². The predicted molar refractivity (Wildman–Crippen MR) is 108 cm³/mol. The maximum atomic E-state index is 12.7. The Balaban J connectivity index is 1.48. The van der Waals surface area contributed by atoms with Crippen molar-refractivity contribution in [3.8, 4) is 0 Å². The molecule has 2 aliphatic heterocycles. The van der Waals surface area contributed by atoms with E-state index in [1.807, 2.05) is 60.4 Å². The quantitative estimate of drug-likeness (QED) is 0.801. The van der Waals surface area contributed by atoms with E-state index in [-0.39, 0.29) is 11.8 Å². The molecular weight excluding hydrogens is 406 g/mol. The predicted octanol–water partition coefficient (Wildman–Crippen LogP) is 3.31. The minimum absolute atomic E-state index is 0.0336. The fraction of sp³-hybridized carbons (Fsp3) is 0.286. The van der Waals surface area contributed by atoms with Crippen LogP contribution in [0.5, 0.6) is 0 Å². The van der Waals surface area contributed by atoms with E-state index in [1.165, 1.54) is 0 Å². The Kier molecular flexibility index (Phi) is 4.60. The highest BCUT2D eigenvalue weighted by Gasteiger charge is 2.42. The van der Waals surface area contributed by atoms with Crippen LogP contribution >= 0.6 is 15.9 Å². The van der Waals surface area contributed by atoms with Gasteiger partial charge in [-0.05, 0) is 31.2 Å². The highest BCUT2D eigenvalue weighted by Crippen LogP contribution is 2.29. The summed E-state index contributed by atoms with van der Waals surface area (Å²) < 4.78 is 0.961. The first-order valence-corrected chi connectivity index (χ1v) is 9.79. The molecule has 2 amide bonds. The lowest BCUT2D eigenvalue weighted by atomic mass is 9.97. The van der Waals surface area contributed by atoms with Crippen LogP contribution in [0, 0.1) is 6.92 Å². The molecule has 0 aromatic heterocycles. The Morgan fingerprint density at radius 1 is 1.07 bits per heavy atom. The van der Waals surface area contributed by atoms with Gasteiger partial charge in [-0.2, -0.15) is 0 Å². The number of halogens is 1. The molecule has 4 rings (SSSR count). The van der Waals surface area contributed by atoms with Crippen LogP contribution in [0.4, 0.5) is 0 Å². The smallest absolute Gasteiger partial charge is 0.272 e. The van der Waals surface area contributed by atoms with Crippen LogP contribution in [-0.2, 0) is 4.79 Å². The molecule has 0 aliphatic carbocycles. The van der Waals surface area contributed by atoms with Crippen molar-refractivity contribution in [2.24, 2.45) is 4.99 Å². The summed E-state index contributed by atoms with van der Waals surface area (Å²) in [4.78, 5) is 31.7. The summed E-state index contributed by atoms with van der Waals surface area (Å²) >= 11 is 3.40. The Hall–Kier alpha value is -2.47. The van der Waals surface area contributed by atoms with E-state index in [2.05, 4.69) is 21.2 Å². The summed E-state index contributed by atoms with van der Waals surface area (Å²) in [6.07, 6.45) is 1.24. The summed E-state index contributed by atoms with van der Waals surface area (Å²) in [6, 6.07) is 15.2. The van der Waals surface area contributed by atoms with Crippen molar-refractivity contribution in [2.45, 2.75) is 25.4 Å². The van der Waals surface area contributed by atoms with Crippen molar-refractivity contribution in [3.05, 3.63) is 69.7 Å². The number of benzene rings is 2. The molecule has 0 unspecified atom stereocenters. The standard InChI is InChI=1S/C21H20BrN3O2/c1-14-2-4-16(5-3-14)20(27)25-12-10-21(11-13-25)23-18(19(26)24-21)15-6-8-17(22)9-7-15/h2-9H,10-13H2,1H3,(H,24,26). The molecule has 2 heterocycles. The van der Waals surface area contributed by atoms with Gasteiger partial charge in [-0.15, -0.1) is 0 Å². The molecule has 1 saturated heterocycles. The molecule has 1 fully saturated rings. The topological polar surface area (TPSA) is 61.8 Å². The van der Waals surface area contributed by atoms with Crippen LogP contribution in [-0.4, -0.2) is 41.2 Å². The number of nitrogens with one attached hydrogen (secondary N) is 1. The number of piperidine rings is 1. The lowest BCUT2D eigenvalue weighted by molar-refractivity contribution is -0.115. The molecule has 0 atom stereocenters. The Bertz CT molecular complexity index is 911. The van der Waals surface area contributed by atoms with Crippen LogP contribution in [0.25, 0.3) is 0 Å². The molecule has 2 aromatic rings. The van der Waals surface area contributed by atoms with Crippen LogP contribution < -0.4 is 5.32 Å². The van der Waals surface area contributed by atoms with Gasteiger partial charge in [0.05, 0.1) is 0 Å². The van der Waals surface area contributed by atoms with Crippen LogP contribution in [0.2, 0.25) is 0 Å². The number of amides is 2. The maximum absolute atomic E-state index is 12.7. The van der Waals surface area contributed by atoms with E-state index in [9.17, 15) is 9.59 Å². The molecule has 0 radical (unpaired) electrons. The van der Waals surface area contributed by atoms with Gasteiger partial charge in [0.15, 0.2) is 0 Å². The zero-order chi connectivity index (χ0) is 19.0. The third-order valence-electron chi connectivity index (χ3n) is 5.18.